The predicted molar refractivity (Wildman–Crippen MR) is 118 cm³/mol. The second-order valence-corrected chi connectivity index (χ2v) is 9.35. The van der Waals surface area contributed by atoms with Crippen molar-refractivity contribution in [3.8, 4) is 12.3 Å². The molecule has 1 saturated heterocycles. The highest BCUT2D eigenvalue weighted by Gasteiger charge is 2.51. The molecule has 0 bridgehead atoms. The van der Waals surface area contributed by atoms with E-state index in [0.717, 1.165) is 12.1 Å². The van der Waals surface area contributed by atoms with E-state index in [9.17, 15) is 17.6 Å². The number of aldehydes is 1. The van der Waals surface area contributed by atoms with Gasteiger partial charge in [0.05, 0.1) is 4.90 Å². The highest BCUT2D eigenvalue weighted by Crippen LogP contribution is 2.36. The molecular formula is C23H25FN2O5S. The summed E-state index contributed by atoms with van der Waals surface area (Å²) in [5.74, 6) is 1.91. The van der Waals surface area contributed by atoms with Crippen LogP contribution < -0.4 is 5.32 Å². The number of ether oxygens (including phenoxy) is 2. The summed E-state index contributed by atoms with van der Waals surface area (Å²) in [6.07, 6.45) is 13.6. The van der Waals surface area contributed by atoms with E-state index in [1.807, 2.05) is 0 Å². The van der Waals surface area contributed by atoms with Gasteiger partial charge in [0.15, 0.2) is 15.6 Å². The molecule has 170 valence electrons. The lowest BCUT2D eigenvalue weighted by atomic mass is 9.93. The SMILES string of the molecule is C#CCOC1(N2CCNCC2S(=O)(=O)c2ccc(F)cc2)C=CC(C=CC=O)=CC1OC. The van der Waals surface area contributed by atoms with Crippen molar-refractivity contribution < 1.29 is 27.1 Å². The number of carbonyl (C=O) groups excluding carboxylic acids is 1. The average molecular weight is 461 g/mol. The van der Waals surface area contributed by atoms with Gasteiger partial charge < -0.3 is 14.8 Å². The van der Waals surface area contributed by atoms with Gasteiger partial charge in [-0.25, -0.2) is 12.8 Å². The van der Waals surface area contributed by atoms with Crippen LogP contribution in [0.5, 0.6) is 0 Å². The Labute approximate surface area is 187 Å². The fourth-order valence-corrected chi connectivity index (χ4v) is 5.70. The molecule has 0 aromatic heterocycles. The lowest BCUT2D eigenvalue weighted by molar-refractivity contribution is -0.178. The molecule has 1 heterocycles. The van der Waals surface area contributed by atoms with Crippen molar-refractivity contribution in [1.82, 2.24) is 10.2 Å². The Hall–Kier alpha value is -2.61. The quantitative estimate of drug-likeness (QED) is 0.272. The van der Waals surface area contributed by atoms with Crippen LogP contribution in [0.25, 0.3) is 0 Å². The van der Waals surface area contributed by atoms with Crippen LogP contribution in [-0.4, -0.2) is 70.2 Å². The molecule has 32 heavy (non-hydrogen) atoms. The number of piperazine rings is 1. The number of sulfone groups is 1. The normalized spacial score (nSPS) is 26.6. The molecule has 9 heteroatoms. The van der Waals surface area contributed by atoms with E-state index >= 15 is 0 Å². The molecule has 0 amide bonds. The van der Waals surface area contributed by atoms with Gasteiger partial charge in [-0.05, 0) is 48.1 Å². The summed E-state index contributed by atoms with van der Waals surface area (Å²) in [6.45, 7) is 0.896. The number of rotatable bonds is 8. The molecule has 3 atom stereocenters. The van der Waals surface area contributed by atoms with Crippen molar-refractivity contribution in [3.63, 3.8) is 0 Å². The topological polar surface area (TPSA) is 84.9 Å². The van der Waals surface area contributed by atoms with Gasteiger partial charge in [-0.1, -0.05) is 18.1 Å². The number of allylic oxidation sites excluding steroid dienone is 4. The number of halogens is 1. The number of benzene rings is 1. The number of terminal acetylenes is 1. The monoisotopic (exact) mass is 460 g/mol. The Kier molecular flexibility index (Phi) is 7.77. The van der Waals surface area contributed by atoms with Crippen molar-refractivity contribution in [2.24, 2.45) is 0 Å². The Morgan fingerprint density at radius 1 is 1.38 bits per heavy atom. The molecule has 0 radical (unpaired) electrons. The molecule has 2 aliphatic rings. The first-order chi connectivity index (χ1) is 15.4. The fraction of sp³-hybridized carbons (Fsp3) is 0.348. The van der Waals surface area contributed by atoms with Crippen molar-refractivity contribution in [2.45, 2.75) is 22.1 Å². The number of carbonyl (C=O) groups is 1. The lowest BCUT2D eigenvalue weighted by Gasteiger charge is -2.50. The van der Waals surface area contributed by atoms with Gasteiger partial charge in [0.25, 0.3) is 0 Å². The van der Waals surface area contributed by atoms with Crippen LogP contribution in [0.15, 0.2) is 65.1 Å². The molecule has 1 N–H and O–H groups in total. The first kappa shape index (κ1) is 24.0. The second-order valence-electron chi connectivity index (χ2n) is 7.25. The van der Waals surface area contributed by atoms with Crippen LogP contribution in [0.1, 0.15) is 0 Å². The maximum Gasteiger partial charge on any atom is 0.195 e. The number of hydrogen-bond donors (Lipinski definition) is 1. The van der Waals surface area contributed by atoms with Crippen LogP contribution in [0.2, 0.25) is 0 Å². The third-order valence-corrected chi connectivity index (χ3v) is 7.49. The molecule has 1 aliphatic heterocycles. The molecule has 1 aromatic rings. The van der Waals surface area contributed by atoms with Gasteiger partial charge in [0.1, 0.15) is 30.2 Å². The molecule has 1 aliphatic carbocycles. The van der Waals surface area contributed by atoms with Crippen LogP contribution in [0.3, 0.4) is 0 Å². The van der Waals surface area contributed by atoms with Crippen LogP contribution in [0, 0.1) is 18.2 Å². The summed E-state index contributed by atoms with van der Waals surface area (Å²) in [5, 5.41) is 2.09. The maximum absolute atomic E-state index is 13.5. The van der Waals surface area contributed by atoms with E-state index in [-0.39, 0.29) is 18.0 Å². The van der Waals surface area contributed by atoms with Crippen LogP contribution >= 0.6 is 0 Å². The maximum atomic E-state index is 13.5. The van der Waals surface area contributed by atoms with Gasteiger partial charge in [0.2, 0.25) is 0 Å². The third kappa shape index (κ3) is 4.75. The molecule has 1 aromatic carbocycles. The summed E-state index contributed by atoms with van der Waals surface area (Å²) in [5.41, 5.74) is -0.601. The molecule has 0 spiro atoms. The predicted octanol–water partition coefficient (Wildman–Crippen LogP) is 1.44. The Morgan fingerprint density at radius 2 is 2.12 bits per heavy atom. The van der Waals surface area contributed by atoms with E-state index in [2.05, 4.69) is 11.2 Å². The van der Waals surface area contributed by atoms with Gasteiger partial charge in [-0.15, -0.1) is 6.42 Å². The first-order valence-electron chi connectivity index (χ1n) is 9.99. The molecule has 3 rings (SSSR count). The summed E-state index contributed by atoms with van der Waals surface area (Å²) in [6, 6.07) is 4.73. The summed E-state index contributed by atoms with van der Waals surface area (Å²) < 4.78 is 52.3. The Balaban J connectivity index is 2.07. The largest absolute Gasteiger partial charge is 0.372 e. The first-order valence-corrected chi connectivity index (χ1v) is 11.5. The van der Waals surface area contributed by atoms with Crippen LogP contribution in [-0.2, 0) is 24.1 Å². The van der Waals surface area contributed by atoms with Crippen molar-refractivity contribution in [3.05, 3.63) is 66.0 Å². The van der Waals surface area contributed by atoms with Gasteiger partial charge in [0, 0.05) is 26.7 Å². The molecule has 7 nitrogen and oxygen atoms in total. The zero-order valence-electron chi connectivity index (χ0n) is 17.6. The Bertz CT molecular complexity index is 1060. The van der Waals surface area contributed by atoms with E-state index < -0.39 is 32.9 Å². The zero-order valence-corrected chi connectivity index (χ0v) is 18.4. The van der Waals surface area contributed by atoms with Crippen molar-refractivity contribution >= 4 is 16.1 Å². The van der Waals surface area contributed by atoms with Gasteiger partial charge >= 0.3 is 0 Å². The van der Waals surface area contributed by atoms with Crippen molar-refractivity contribution in [2.75, 3.05) is 33.4 Å². The minimum Gasteiger partial charge on any atom is -0.372 e. The fourth-order valence-electron chi connectivity index (χ4n) is 3.93. The smallest absolute Gasteiger partial charge is 0.195 e. The zero-order chi connectivity index (χ0) is 23.2. The highest BCUT2D eigenvalue weighted by atomic mass is 32.2. The third-order valence-electron chi connectivity index (χ3n) is 5.42. The summed E-state index contributed by atoms with van der Waals surface area (Å²) >= 11 is 0. The van der Waals surface area contributed by atoms with Crippen LogP contribution in [0.4, 0.5) is 4.39 Å². The summed E-state index contributed by atoms with van der Waals surface area (Å²) in [4.78, 5) is 12.4. The van der Waals surface area contributed by atoms with E-state index in [1.165, 1.54) is 25.3 Å². The van der Waals surface area contributed by atoms with E-state index in [4.69, 9.17) is 15.9 Å². The van der Waals surface area contributed by atoms with Gasteiger partial charge in [-0.3, -0.25) is 9.69 Å². The minimum atomic E-state index is -3.91. The standard InChI is InChI=1S/C23H25FN2O5S/c1-3-15-31-23(11-10-18(5-4-14-27)16-21(23)30-2)26-13-12-25-17-22(26)32(28,29)20-8-6-19(24)7-9-20/h1,4-11,14,16,21-22,25H,12-13,15,17H2,2H3. The van der Waals surface area contributed by atoms with E-state index in [1.54, 1.807) is 29.2 Å². The number of nitrogens with zero attached hydrogens (tertiary/aromatic N) is 1. The highest BCUT2D eigenvalue weighted by molar-refractivity contribution is 7.92. The lowest BCUT2D eigenvalue weighted by Crippen LogP contribution is -2.68. The number of methoxy groups -OCH3 is 1. The summed E-state index contributed by atoms with van der Waals surface area (Å²) in [7, 11) is -2.42. The second kappa shape index (κ2) is 10.3. The molecule has 1 fully saturated rings. The van der Waals surface area contributed by atoms with Crippen molar-refractivity contribution in [1.29, 1.82) is 0 Å². The molecular weight excluding hydrogens is 435 g/mol. The van der Waals surface area contributed by atoms with Gasteiger partial charge in [-0.2, -0.15) is 0 Å². The molecule has 3 unspecified atom stereocenters. The van der Waals surface area contributed by atoms with E-state index in [0.29, 0.717) is 24.9 Å². The molecule has 0 saturated carbocycles. The minimum absolute atomic E-state index is 0.00334. The average Bonchev–Trinajstić information content (AvgIpc) is 2.82. The number of nitrogens with one attached hydrogen (secondary N) is 1. The number of hydrogen-bond acceptors (Lipinski definition) is 7. The Morgan fingerprint density at radius 3 is 2.78 bits per heavy atom.